The third kappa shape index (κ3) is 4.09. The molecule has 0 aliphatic heterocycles. The van der Waals surface area contributed by atoms with Gasteiger partial charge in [-0.25, -0.2) is 4.68 Å². The van der Waals surface area contributed by atoms with E-state index in [1.807, 2.05) is 49.4 Å². The molecule has 0 saturated heterocycles. The molecule has 0 spiro atoms. The van der Waals surface area contributed by atoms with Crippen LogP contribution in [0.4, 0.5) is 0 Å². The van der Waals surface area contributed by atoms with Gasteiger partial charge in [0.15, 0.2) is 17.2 Å². The van der Waals surface area contributed by atoms with Crippen molar-refractivity contribution in [3.05, 3.63) is 65.5 Å². The quantitative estimate of drug-likeness (QED) is 0.681. The highest BCUT2D eigenvalue weighted by Crippen LogP contribution is 2.27. The molecule has 1 heterocycles. The van der Waals surface area contributed by atoms with Gasteiger partial charge in [0.25, 0.3) is 5.91 Å². The number of nitrogens with one attached hydrogen (secondary N) is 1. The van der Waals surface area contributed by atoms with E-state index in [2.05, 4.69) is 10.4 Å². The summed E-state index contributed by atoms with van der Waals surface area (Å²) in [5.74, 6) is 1.74. The van der Waals surface area contributed by atoms with Crippen LogP contribution in [0.2, 0.25) is 0 Å². The summed E-state index contributed by atoms with van der Waals surface area (Å²) in [4.78, 5) is 12.5. The van der Waals surface area contributed by atoms with Gasteiger partial charge in [-0.1, -0.05) is 12.1 Å². The minimum absolute atomic E-state index is 0.250. The number of hydrogen-bond acceptors (Lipinski definition) is 5. The van der Waals surface area contributed by atoms with Crippen molar-refractivity contribution in [2.24, 2.45) is 0 Å². The van der Waals surface area contributed by atoms with Gasteiger partial charge < -0.3 is 19.5 Å². The van der Waals surface area contributed by atoms with E-state index in [1.165, 1.54) is 0 Å². The van der Waals surface area contributed by atoms with E-state index in [9.17, 15) is 4.79 Å². The molecule has 0 fully saturated rings. The summed E-state index contributed by atoms with van der Waals surface area (Å²) in [7, 11) is 4.77. The number of aryl methyl sites for hydroxylation is 1. The van der Waals surface area contributed by atoms with Gasteiger partial charge in [0.2, 0.25) is 0 Å². The Morgan fingerprint density at radius 2 is 1.79 bits per heavy atom. The first-order valence-electron chi connectivity index (χ1n) is 8.76. The molecular formula is C21H23N3O4. The molecule has 0 bridgehead atoms. The van der Waals surface area contributed by atoms with Crippen LogP contribution in [0.15, 0.2) is 48.5 Å². The van der Waals surface area contributed by atoms with Crippen LogP contribution in [0.3, 0.4) is 0 Å². The molecule has 2 aromatic carbocycles. The third-order valence-electron chi connectivity index (χ3n) is 4.32. The van der Waals surface area contributed by atoms with E-state index < -0.39 is 0 Å². The van der Waals surface area contributed by atoms with E-state index in [-0.39, 0.29) is 5.91 Å². The lowest BCUT2D eigenvalue weighted by Gasteiger charge is -2.10. The van der Waals surface area contributed by atoms with Gasteiger partial charge in [0, 0.05) is 18.3 Å². The van der Waals surface area contributed by atoms with Crippen LogP contribution in [0.25, 0.3) is 5.69 Å². The first kappa shape index (κ1) is 19.3. The number of ether oxygens (including phenoxy) is 3. The molecule has 0 atom stereocenters. The number of carbonyl (C=O) groups excluding carboxylic acids is 1. The van der Waals surface area contributed by atoms with Gasteiger partial charge in [0.05, 0.1) is 27.0 Å². The number of amides is 1. The summed E-state index contributed by atoms with van der Waals surface area (Å²) in [6, 6.07) is 14.8. The highest BCUT2D eigenvalue weighted by Gasteiger charge is 2.14. The molecule has 1 aromatic heterocycles. The molecule has 7 heteroatoms. The fourth-order valence-electron chi connectivity index (χ4n) is 2.85. The molecule has 0 radical (unpaired) electrons. The predicted octanol–water partition coefficient (Wildman–Crippen LogP) is 3.14. The van der Waals surface area contributed by atoms with E-state index in [1.54, 1.807) is 32.1 Å². The van der Waals surface area contributed by atoms with Crippen LogP contribution in [-0.4, -0.2) is 37.0 Å². The minimum atomic E-state index is -0.250. The largest absolute Gasteiger partial charge is 0.497 e. The Bertz CT molecular complexity index is 982. The number of methoxy groups -OCH3 is 3. The van der Waals surface area contributed by atoms with Gasteiger partial charge in [-0.3, -0.25) is 4.79 Å². The van der Waals surface area contributed by atoms with Crippen LogP contribution in [-0.2, 0) is 6.54 Å². The molecule has 3 aromatic rings. The average Bonchev–Trinajstić information content (AvgIpc) is 3.13. The predicted molar refractivity (Wildman–Crippen MR) is 106 cm³/mol. The van der Waals surface area contributed by atoms with Crippen molar-refractivity contribution in [1.29, 1.82) is 0 Å². The molecular weight excluding hydrogens is 358 g/mol. The Labute approximate surface area is 163 Å². The zero-order valence-electron chi connectivity index (χ0n) is 16.4. The van der Waals surface area contributed by atoms with Gasteiger partial charge in [0.1, 0.15) is 5.75 Å². The lowest BCUT2D eigenvalue weighted by atomic mass is 10.2. The molecule has 1 amide bonds. The summed E-state index contributed by atoms with van der Waals surface area (Å²) in [6.45, 7) is 2.25. The molecule has 1 N–H and O–H groups in total. The van der Waals surface area contributed by atoms with Crippen molar-refractivity contribution in [3.8, 4) is 22.9 Å². The SMILES string of the molecule is COc1cccc(-n2nc(C(=O)NCc3ccc(OC)c(OC)c3)cc2C)c1. The number of rotatable bonds is 7. The molecule has 7 nitrogen and oxygen atoms in total. The Hall–Kier alpha value is -3.48. The van der Waals surface area contributed by atoms with E-state index in [0.29, 0.717) is 23.7 Å². The van der Waals surface area contributed by atoms with Crippen molar-refractivity contribution in [1.82, 2.24) is 15.1 Å². The zero-order valence-corrected chi connectivity index (χ0v) is 16.4. The van der Waals surface area contributed by atoms with Gasteiger partial charge >= 0.3 is 0 Å². The number of aromatic nitrogens is 2. The monoisotopic (exact) mass is 381 g/mol. The summed E-state index contributed by atoms with van der Waals surface area (Å²) in [5, 5.41) is 7.32. The fourth-order valence-corrected chi connectivity index (χ4v) is 2.85. The summed E-state index contributed by atoms with van der Waals surface area (Å²) >= 11 is 0. The topological polar surface area (TPSA) is 74.6 Å². The van der Waals surface area contributed by atoms with Crippen LogP contribution in [0.5, 0.6) is 17.2 Å². The molecule has 0 aliphatic rings. The van der Waals surface area contributed by atoms with Crippen molar-refractivity contribution in [2.75, 3.05) is 21.3 Å². The smallest absolute Gasteiger partial charge is 0.272 e. The maximum absolute atomic E-state index is 12.5. The maximum Gasteiger partial charge on any atom is 0.272 e. The van der Waals surface area contributed by atoms with Crippen molar-refractivity contribution in [3.63, 3.8) is 0 Å². The fraction of sp³-hybridized carbons (Fsp3) is 0.238. The lowest BCUT2D eigenvalue weighted by molar-refractivity contribution is 0.0945. The van der Waals surface area contributed by atoms with E-state index in [4.69, 9.17) is 14.2 Å². The Morgan fingerprint density at radius 3 is 2.50 bits per heavy atom. The Kier molecular flexibility index (Phi) is 5.84. The third-order valence-corrected chi connectivity index (χ3v) is 4.32. The maximum atomic E-state index is 12.5. The molecule has 146 valence electrons. The Balaban J connectivity index is 1.73. The van der Waals surface area contributed by atoms with Gasteiger partial charge in [-0.15, -0.1) is 0 Å². The second-order valence-electron chi connectivity index (χ2n) is 6.16. The van der Waals surface area contributed by atoms with Crippen LogP contribution in [0.1, 0.15) is 21.7 Å². The highest BCUT2D eigenvalue weighted by molar-refractivity contribution is 5.92. The molecule has 28 heavy (non-hydrogen) atoms. The highest BCUT2D eigenvalue weighted by atomic mass is 16.5. The second kappa shape index (κ2) is 8.47. The first-order chi connectivity index (χ1) is 13.5. The van der Waals surface area contributed by atoms with Crippen molar-refractivity contribution >= 4 is 5.91 Å². The van der Waals surface area contributed by atoms with Gasteiger partial charge in [-0.2, -0.15) is 5.10 Å². The number of nitrogens with zero attached hydrogens (tertiary/aromatic N) is 2. The molecule has 3 rings (SSSR count). The molecule has 0 unspecified atom stereocenters. The van der Waals surface area contributed by atoms with Crippen LogP contribution < -0.4 is 19.5 Å². The lowest BCUT2D eigenvalue weighted by Crippen LogP contribution is -2.23. The second-order valence-corrected chi connectivity index (χ2v) is 6.16. The molecule has 0 saturated carbocycles. The number of hydrogen-bond donors (Lipinski definition) is 1. The van der Waals surface area contributed by atoms with Crippen molar-refractivity contribution in [2.45, 2.75) is 13.5 Å². The Morgan fingerprint density at radius 1 is 1.00 bits per heavy atom. The van der Waals surface area contributed by atoms with Crippen LogP contribution in [0, 0.1) is 6.92 Å². The average molecular weight is 381 g/mol. The standard InChI is InChI=1S/C21H23N3O4/c1-14-10-18(23-24(14)16-6-5-7-17(12-16)26-2)21(25)22-13-15-8-9-19(27-3)20(11-15)28-4/h5-12H,13H2,1-4H3,(H,22,25). The van der Waals surface area contributed by atoms with Gasteiger partial charge in [-0.05, 0) is 42.8 Å². The molecule has 0 aliphatic carbocycles. The van der Waals surface area contributed by atoms with Crippen molar-refractivity contribution < 1.29 is 19.0 Å². The summed E-state index contributed by atoms with van der Waals surface area (Å²) in [5.41, 5.74) is 2.93. The zero-order chi connectivity index (χ0) is 20.1. The summed E-state index contributed by atoms with van der Waals surface area (Å²) in [6.07, 6.45) is 0. The van der Waals surface area contributed by atoms with E-state index in [0.717, 1.165) is 22.7 Å². The minimum Gasteiger partial charge on any atom is -0.497 e. The summed E-state index contributed by atoms with van der Waals surface area (Å²) < 4.78 is 17.5. The number of benzene rings is 2. The van der Waals surface area contributed by atoms with Crippen LogP contribution >= 0.6 is 0 Å². The normalized spacial score (nSPS) is 10.4. The first-order valence-corrected chi connectivity index (χ1v) is 8.76. The number of carbonyl (C=O) groups is 1. The van der Waals surface area contributed by atoms with E-state index >= 15 is 0 Å².